The number of nitrogens with zero attached hydrogens (tertiary/aromatic N) is 6. The summed E-state index contributed by atoms with van der Waals surface area (Å²) >= 11 is 6.30. The Balaban J connectivity index is 1.61. The van der Waals surface area contributed by atoms with Crippen molar-refractivity contribution in [2.24, 2.45) is 0 Å². The maximum Gasteiger partial charge on any atom is 0.227 e. The van der Waals surface area contributed by atoms with E-state index in [4.69, 9.17) is 21.1 Å². The van der Waals surface area contributed by atoms with Gasteiger partial charge in [-0.2, -0.15) is 0 Å². The number of morpholine rings is 1. The first-order valence-electron chi connectivity index (χ1n) is 10.7. The first-order valence-corrected chi connectivity index (χ1v) is 11.1. The summed E-state index contributed by atoms with van der Waals surface area (Å²) in [6, 6.07) is 7.51. The summed E-state index contributed by atoms with van der Waals surface area (Å²) < 4.78 is 12.7. The normalized spacial score (nSPS) is 22.6. The Labute approximate surface area is 187 Å². The summed E-state index contributed by atoms with van der Waals surface area (Å²) in [5.74, 6) is 0.864. The van der Waals surface area contributed by atoms with Crippen LogP contribution in [0, 0.1) is 0 Å². The summed E-state index contributed by atoms with van der Waals surface area (Å²) in [6.45, 7) is 5.24. The van der Waals surface area contributed by atoms with Gasteiger partial charge in [-0.3, -0.25) is 9.69 Å². The fourth-order valence-electron chi connectivity index (χ4n) is 4.61. The fourth-order valence-corrected chi connectivity index (χ4v) is 4.81. The lowest BCUT2D eigenvalue weighted by Gasteiger charge is -2.49. The van der Waals surface area contributed by atoms with Crippen molar-refractivity contribution in [3.05, 3.63) is 40.7 Å². The highest BCUT2D eigenvalue weighted by Gasteiger charge is 2.47. The number of halogens is 1. The number of rotatable bonds is 7. The number of benzene rings is 1. The van der Waals surface area contributed by atoms with Gasteiger partial charge in [0.05, 0.1) is 32.8 Å². The average molecular weight is 449 g/mol. The quantitative estimate of drug-likeness (QED) is 0.632. The van der Waals surface area contributed by atoms with Gasteiger partial charge in [-0.25, -0.2) is 4.68 Å². The van der Waals surface area contributed by atoms with Gasteiger partial charge in [-0.05, 0) is 34.9 Å². The summed E-state index contributed by atoms with van der Waals surface area (Å²) in [6.07, 6.45) is 2.05. The molecule has 1 atom stereocenters. The Morgan fingerprint density at radius 1 is 1.26 bits per heavy atom. The number of piperidine rings is 1. The lowest BCUT2D eigenvalue weighted by molar-refractivity contribution is -0.137. The minimum absolute atomic E-state index is 0.0707. The van der Waals surface area contributed by atoms with E-state index in [1.807, 2.05) is 33.8 Å². The molecule has 0 N–H and O–H groups in total. The van der Waals surface area contributed by atoms with Crippen molar-refractivity contribution >= 4 is 17.5 Å². The number of hydrogen-bond acceptors (Lipinski definition) is 7. The molecule has 0 radical (unpaired) electrons. The zero-order chi connectivity index (χ0) is 21.7. The molecule has 0 aliphatic carbocycles. The fraction of sp³-hybridized carbons (Fsp3) is 0.619. The SMILES string of the molecule is COCCn1nnnc1C1(N2CCOCC2)CCCN(C(=O)Cc2ccccc2Cl)C1. The molecule has 1 amide bonds. The second-order valence-electron chi connectivity index (χ2n) is 8.04. The molecular weight excluding hydrogens is 420 g/mol. The maximum absolute atomic E-state index is 13.3. The highest BCUT2D eigenvalue weighted by Crippen LogP contribution is 2.37. The van der Waals surface area contributed by atoms with E-state index in [2.05, 4.69) is 20.4 Å². The van der Waals surface area contributed by atoms with Crippen LogP contribution in [0.4, 0.5) is 0 Å². The van der Waals surface area contributed by atoms with Crippen LogP contribution < -0.4 is 0 Å². The van der Waals surface area contributed by atoms with Gasteiger partial charge in [0.25, 0.3) is 0 Å². The Hall–Kier alpha value is -2.07. The number of carbonyl (C=O) groups is 1. The number of aromatic nitrogens is 4. The molecule has 1 unspecified atom stereocenters. The van der Waals surface area contributed by atoms with E-state index < -0.39 is 5.54 Å². The smallest absolute Gasteiger partial charge is 0.227 e. The molecule has 31 heavy (non-hydrogen) atoms. The Morgan fingerprint density at radius 3 is 2.84 bits per heavy atom. The number of amides is 1. The van der Waals surface area contributed by atoms with E-state index in [9.17, 15) is 4.79 Å². The molecule has 2 aromatic rings. The summed E-state index contributed by atoms with van der Waals surface area (Å²) in [4.78, 5) is 17.6. The molecule has 1 aromatic carbocycles. The van der Waals surface area contributed by atoms with Crippen molar-refractivity contribution in [3.63, 3.8) is 0 Å². The third-order valence-electron chi connectivity index (χ3n) is 6.19. The van der Waals surface area contributed by atoms with Gasteiger partial charge >= 0.3 is 0 Å². The van der Waals surface area contributed by atoms with Crippen LogP contribution in [-0.4, -0.2) is 89.0 Å². The highest BCUT2D eigenvalue weighted by atomic mass is 35.5. The third kappa shape index (κ3) is 4.74. The van der Waals surface area contributed by atoms with Crippen LogP contribution in [0.3, 0.4) is 0 Å². The molecule has 2 fully saturated rings. The molecule has 9 nitrogen and oxygen atoms in total. The predicted molar refractivity (Wildman–Crippen MR) is 115 cm³/mol. The molecule has 2 saturated heterocycles. The molecule has 2 aliphatic heterocycles. The molecule has 2 aliphatic rings. The van der Waals surface area contributed by atoms with E-state index in [1.165, 1.54) is 0 Å². The van der Waals surface area contributed by atoms with Crippen LogP contribution in [0.25, 0.3) is 0 Å². The topological polar surface area (TPSA) is 85.6 Å². The van der Waals surface area contributed by atoms with Crippen molar-refractivity contribution in [2.75, 3.05) is 53.1 Å². The van der Waals surface area contributed by atoms with E-state index in [-0.39, 0.29) is 12.3 Å². The number of methoxy groups -OCH3 is 1. The largest absolute Gasteiger partial charge is 0.383 e. The molecule has 1 aromatic heterocycles. The lowest BCUT2D eigenvalue weighted by Crippen LogP contribution is -2.61. The number of hydrogen-bond donors (Lipinski definition) is 0. The third-order valence-corrected chi connectivity index (χ3v) is 6.56. The monoisotopic (exact) mass is 448 g/mol. The molecule has 3 heterocycles. The molecule has 0 spiro atoms. The van der Waals surface area contributed by atoms with E-state index in [0.717, 1.165) is 43.9 Å². The van der Waals surface area contributed by atoms with Gasteiger partial charge in [-0.15, -0.1) is 5.10 Å². The molecular formula is C21H29ClN6O3. The summed E-state index contributed by atoms with van der Waals surface area (Å²) in [7, 11) is 1.66. The minimum atomic E-state index is -0.449. The standard InChI is InChI=1S/C21H29ClN6O3/c1-30-12-11-28-20(23-24-25-28)21(27-9-13-31-14-10-27)7-4-8-26(16-21)19(29)15-17-5-2-3-6-18(17)22/h2-3,5-6H,4,7-16H2,1H3. The van der Waals surface area contributed by atoms with Crippen molar-refractivity contribution < 1.29 is 14.3 Å². The van der Waals surface area contributed by atoms with Gasteiger partial charge in [-0.1, -0.05) is 29.8 Å². The van der Waals surface area contributed by atoms with Crippen LogP contribution in [0.2, 0.25) is 5.02 Å². The van der Waals surface area contributed by atoms with Gasteiger partial charge in [0.15, 0.2) is 5.82 Å². The van der Waals surface area contributed by atoms with Crippen LogP contribution in [-0.2, 0) is 32.8 Å². The predicted octanol–water partition coefficient (Wildman–Crippen LogP) is 1.37. The van der Waals surface area contributed by atoms with Crippen LogP contribution in [0.15, 0.2) is 24.3 Å². The highest BCUT2D eigenvalue weighted by molar-refractivity contribution is 6.31. The van der Waals surface area contributed by atoms with Gasteiger partial charge in [0, 0.05) is 38.3 Å². The second-order valence-corrected chi connectivity index (χ2v) is 8.44. The van der Waals surface area contributed by atoms with Gasteiger partial charge in [0.2, 0.25) is 5.91 Å². The molecule has 0 bridgehead atoms. The zero-order valence-electron chi connectivity index (χ0n) is 17.9. The second kappa shape index (κ2) is 10.0. The minimum Gasteiger partial charge on any atom is -0.383 e. The van der Waals surface area contributed by atoms with Crippen LogP contribution in [0.5, 0.6) is 0 Å². The molecule has 4 rings (SSSR count). The number of tetrazole rings is 1. The summed E-state index contributed by atoms with van der Waals surface area (Å²) in [5.41, 5.74) is 0.400. The Bertz CT molecular complexity index is 888. The first kappa shape index (κ1) is 22.1. The molecule has 10 heteroatoms. The van der Waals surface area contributed by atoms with Gasteiger partial charge in [0.1, 0.15) is 5.54 Å². The molecule has 168 valence electrons. The van der Waals surface area contributed by atoms with Crippen molar-refractivity contribution in [1.29, 1.82) is 0 Å². The Morgan fingerprint density at radius 2 is 2.06 bits per heavy atom. The zero-order valence-corrected chi connectivity index (χ0v) is 18.6. The number of carbonyl (C=O) groups excluding carboxylic acids is 1. The van der Waals surface area contributed by atoms with E-state index in [0.29, 0.717) is 37.9 Å². The van der Waals surface area contributed by atoms with Crippen molar-refractivity contribution in [1.82, 2.24) is 30.0 Å². The Kier molecular flexibility index (Phi) is 7.16. The van der Waals surface area contributed by atoms with E-state index >= 15 is 0 Å². The summed E-state index contributed by atoms with van der Waals surface area (Å²) in [5, 5.41) is 13.2. The lowest BCUT2D eigenvalue weighted by atomic mass is 9.85. The maximum atomic E-state index is 13.3. The van der Waals surface area contributed by atoms with Gasteiger partial charge < -0.3 is 14.4 Å². The molecule has 0 saturated carbocycles. The van der Waals surface area contributed by atoms with Crippen molar-refractivity contribution in [3.8, 4) is 0 Å². The average Bonchev–Trinajstić information content (AvgIpc) is 3.29. The van der Waals surface area contributed by atoms with E-state index in [1.54, 1.807) is 7.11 Å². The van der Waals surface area contributed by atoms with Crippen LogP contribution >= 0.6 is 11.6 Å². The number of ether oxygens (including phenoxy) is 2. The van der Waals surface area contributed by atoms with Crippen LogP contribution in [0.1, 0.15) is 24.2 Å². The first-order chi connectivity index (χ1) is 15.1. The van der Waals surface area contributed by atoms with Crippen molar-refractivity contribution in [2.45, 2.75) is 31.3 Å². The number of likely N-dealkylation sites (tertiary alicyclic amines) is 1.